The standard InChI is InChI=1S/C11H11F4NO3.C5H12O.CH5N/c12-5-3-6(13)10(15)11(9(5)14)19-4-8(18)7(16)1-2-17;1-5(2,3)6-4;1-2/h2-3,7-8,18H,1,4,16H2;1-4H3;2H2,1H3. The first kappa shape index (κ1) is 27.5. The fourth-order valence-corrected chi connectivity index (χ4v) is 1.24. The van der Waals surface area contributed by atoms with Crippen molar-refractivity contribution in [1.29, 1.82) is 0 Å². The van der Waals surface area contributed by atoms with E-state index in [2.05, 4.69) is 10.5 Å². The monoisotopic (exact) mass is 400 g/mol. The lowest BCUT2D eigenvalue weighted by atomic mass is 10.1. The normalized spacial score (nSPS) is 12.7. The summed E-state index contributed by atoms with van der Waals surface area (Å²) in [4.78, 5) is 10.1. The SMILES string of the molecule is CN.COC(C)(C)C.NC(CC=O)C(O)COc1c(F)c(F)cc(F)c1F. The van der Waals surface area contributed by atoms with E-state index in [0.717, 1.165) is 0 Å². The molecule has 6 nitrogen and oxygen atoms in total. The smallest absolute Gasteiger partial charge is 0.203 e. The zero-order valence-corrected chi connectivity index (χ0v) is 16.1. The van der Waals surface area contributed by atoms with Crippen molar-refractivity contribution in [3.63, 3.8) is 0 Å². The second-order valence-corrected chi connectivity index (χ2v) is 6.06. The van der Waals surface area contributed by atoms with E-state index >= 15 is 0 Å². The van der Waals surface area contributed by atoms with Crippen LogP contribution in [0.15, 0.2) is 6.07 Å². The van der Waals surface area contributed by atoms with E-state index < -0.39 is 47.8 Å². The summed E-state index contributed by atoms with van der Waals surface area (Å²) >= 11 is 0. The highest BCUT2D eigenvalue weighted by molar-refractivity contribution is 5.50. The third kappa shape index (κ3) is 10.9. The number of ether oxygens (including phenoxy) is 2. The zero-order valence-electron chi connectivity index (χ0n) is 16.1. The third-order valence-corrected chi connectivity index (χ3v) is 2.94. The molecule has 2 atom stereocenters. The van der Waals surface area contributed by atoms with Crippen LogP contribution in [0.5, 0.6) is 5.75 Å². The lowest BCUT2D eigenvalue weighted by Crippen LogP contribution is -2.39. The molecule has 0 heterocycles. The highest BCUT2D eigenvalue weighted by Crippen LogP contribution is 2.26. The molecule has 1 rings (SSSR count). The molecular weight excluding hydrogens is 372 g/mol. The summed E-state index contributed by atoms with van der Waals surface area (Å²) in [7, 11) is 3.21. The second kappa shape index (κ2) is 13.4. The predicted molar refractivity (Wildman–Crippen MR) is 93.3 cm³/mol. The van der Waals surface area contributed by atoms with Gasteiger partial charge in [-0.15, -0.1) is 0 Å². The Morgan fingerprint density at radius 2 is 1.56 bits per heavy atom. The van der Waals surface area contributed by atoms with Crippen LogP contribution >= 0.6 is 0 Å². The van der Waals surface area contributed by atoms with Gasteiger partial charge >= 0.3 is 0 Å². The number of hydrogen-bond donors (Lipinski definition) is 3. The van der Waals surface area contributed by atoms with E-state index in [0.29, 0.717) is 6.29 Å². The largest absolute Gasteiger partial charge is 0.485 e. The van der Waals surface area contributed by atoms with Gasteiger partial charge in [-0.3, -0.25) is 0 Å². The maximum atomic E-state index is 13.2. The van der Waals surface area contributed by atoms with Gasteiger partial charge in [-0.2, -0.15) is 8.78 Å². The molecule has 0 radical (unpaired) electrons. The number of aliphatic hydroxyl groups is 1. The van der Waals surface area contributed by atoms with Crippen molar-refractivity contribution in [1.82, 2.24) is 0 Å². The summed E-state index contributed by atoms with van der Waals surface area (Å²) in [6.45, 7) is 5.35. The molecule has 0 spiro atoms. The molecule has 0 aliphatic rings. The van der Waals surface area contributed by atoms with E-state index in [1.165, 1.54) is 7.05 Å². The Balaban J connectivity index is 0. The number of aliphatic hydroxyl groups excluding tert-OH is 1. The maximum absolute atomic E-state index is 13.2. The highest BCUT2D eigenvalue weighted by atomic mass is 19.2. The number of halogens is 4. The van der Waals surface area contributed by atoms with E-state index in [4.69, 9.17) is 10.5 Å². The molecule has 27 heavy (non-hydrogen) atoms. The Morgan fingerprint density at radius 1 is 1.15 bits per heavy atom. The van der Waals surface area contributed by atoms with Crippen LogP contribution in [-0.4, -0.2) is 49.9 Å². The lowest BCUT2D eigenvalue weighted by Gasteiger charge is -2.17. The molecule has 158 valence electrons. The van der Waals surface area contributed by atoms with Gasteiger partial charge in [-0.25, -0.2) is 8.78 Å². The molecule has 0 amide bonds. The number of carbonyl (C=O) groups is 1. The van der Waals surface area contributed by atoms with Crippen LogP contribution in [0.3, 0.4) is 0 Å². The predicted octanol–water partition coefficient (Wildman–Crippen LogP) is 1.91. The van der Waals surface area contributed by atoms with E-state index in [1.807, 2.05) is 20.8 Å². The van der Waals surface area contributed by atoms with Crippen molar-refractivity contribution in [3.8, 4) is 5.75 Å². The van der Waals surface area contributed by atoms with Crippen molar-refractivity contribution in [2.75, 3.05) is 20.8 Å². The van der Waals surface area contributed by atoms with Crippen molar-refractivity contribution in [2.24, 2.45) is 11.5 Å². The van der Waals surface area contributed by atoms with Crippen molar-refractivity contribution in [2.45, 2.75) is 44.9 Å². The average molecular weight is 400 g/mol. The number of rotatable bonds is 6. The Bertz CT molecular complexity index is 543. The topological polar surface area (TPSA) is 108 Å². The summed E-state index contributed by atoms with van der Waals surface area (Å²) in [5.41, 5.74) is 9.87. The second-order valence-electron chi connectivity index (χ2n) is 6.06. The molecule has 0 aromatic heterocycles. The van der Waals surface area contributed by atoms with Gasteiger partial charge in [0.25, 0.3) is 0 Å². The summed E-state index contributed by atoms with van der Waals surface area (Å²) < 4.78 is 61.4. The minimum absolute atomic E-state index is 0.0338. The lowest BCUT2D eigenvalue weighted by molar-refractivity contribution is -0.108. The molecule has 0 aliphatic carbocycles. The van der Waals surface area contributed by atoms with Crippen LogP contribution in [0.1, 0.15) is 27.2 Å². The maximum Gasteiger partial charge on any atom is 0.203 e. The Kier molecular flexibility index (Phi) is 13.7. The first-order valence-corrected chi connectivity index (χ1v) is 7.90. The zero-order chi connectivity index (χ0) is 21.8. The van der Waals surface area contributed by atoms with Gasteiger partial charge in [0.1, 0.15) is 19.0 Å². The van der Waals surface area contributed by atoms with Gasteiger partial charge in [0.15, 0.2) is 17.4 Å². The Hall–Kier alpha value is -1.75. The quantitative estimate of drug-likeness (QED) is 0.382. The van der Waals surface area contributed by atoms with Gasteiger partial charge in [0, 0.05) is 25.6 Å². The highest BCUT2D eigenvalue weighted by Gasteiger charge is 2.23. The van der Waals surface area contributed by atoms with Crippen LogP contribution in [0.4, 0.5) is 17.6 Å². The van der Waals surface area contributed by atoms with Crippen LogP contribution < -0.4 is 16.2 Å². The van der Waals surface area contributed by atoms with Crippen molar-refractivity contribution >= 4 is 6.29 Å². The minimum atomic E-state index is -1.71. The van der Waals surface area contributed by atoms with Crippen LogP contribution in [0.2, 0.25) is 0 Å². The van der Waals surface area contributed by atoms with Crippen molar-refractivity contribution in [3.05, 3.63) is 29.3 Å². The van der Waals surface area contributed by atoms with Crippen LogP contribution in [0.25, 0.3) is 0 Å². The molecule has 10 heteroatoms. The number of aldehydes is 1. The molecule has 1 aromatic carbocycles. The van der Waals surface area contributed by atoms with E-state index in [1.54, 1.807) is 7.11 Å². The van der Waals surface area contributed by atoms with Gasteiger partial charge in [0.2, 0.25) is 11.6 Å². The molecule has 0 saturated carbocycles. The summed E-state index contributed by atoms with van der Waals surface area (Å²) in [5, 5.41) is 9.39. The fraction of sp³-hybridized carbons (Fsp3) is 0.588. The molecule has 1 aromatic rings. The number of hydrogen-bond acceptors (Lipinski definition) is 6. The first-order chi connectivity index (χ1) is 12.4. The Morgan fingerprint density at radius 3 is 1.89 bits per heavy atom. The Labute approximate surface area is 156 Å². The number of benzene rings is 1. The first-order valence-electron chi connectivity index (χ1n) is 7.90. The van der Waals surface area contributed by atoms with Gasteiger partial charge in [0.05, 0.1) is 5.60 Å². The van der Waals surface area contributed by atoms with E-state index in [9.17, 15) is 27.5 Å². The molecule has 5 N–H and O–H groups in total. The molecule has 0 bridgehead atoms. The third-order valence-electron chi connectivity index (χ3n) is 2.94. The summed E-state index contributed by atoms with van der Waals surface area (Å²) in [5.74, 6) is -7.96. The van der Waals surface area contributed by atoms with Crippen LogP contribution in [-0.2, 0) is 9.53 Å². The van der Waals surface area contributed by atoms with E-state index in [-0.39, 0.29) is 18.1 Å². The number of methoxy groups -OCH3 is 1. The average Bonchev–Trinajstić information content (AvgIpc) is 2.61. The van der Waals surface area contributed by atoms with Crippen molar-refractivity contribution < 1.29 is 36.9 Å². The molecular formula is C17H28F4N2O4. The fourth-order valence-electron chi connectivity index (χ4n) is 1.24. The summed E-state index contributed by atoms with van der Waals surface area (Å²) in [6.07, 6.45) is -1.18. The minimum Gasteiger partial charge on any atom is -0.485 e. The summed E-state index contributed by atoms with van der Waals surface area (Å²) in [6, 6.07) is -0.978. The van der Waals surface area contributed by atoms with Gasteiger partial charge in [-0.05, 0) is 27.8 Å². The van der Waals surface area contributed by atoms with Gasteiger partial charge in [-0.1, -0.05) is 0 Å². The number of nitrogens with two attached hydrogens (primary N) is 2. The van der Waals surface area contributed by atoms with Crippen LogP contribution in [0, 0.1) is 23.3 Å². The number of carbonyl (C=O) groups excluding carboxylic acids is 1. The molecule has 2 unspecified atom stereocenters. The van der Waals surface area contributed by atoms with Gasteiger partial charge < -0.3 is 30.8 Å². The molecule has 0 saturated heterocycles. The molecule has 0 fully saturated rings. The molecule has 0 aliphatic heterocycles.